The summed E-state index contributed by atoms with van der Waals surface area (Å²) in [7, 11) is 0. The number of fused-ring (bicyclic) bond motifs is 1. The Morgan fingerprint density at radius 3 is 3.05 bits per heavy atom. The molecular weight excluding hydrogens is 299 g/mol. The third-order valence-electron chi connectivity index (χ3n) is 4.15. The minimum atomic E-state index is -0.389. The number of carbonyl (C=O) groups excluding carboxylic acids is 1. The molecule has 0 aliphatic carbocycles. The van der Waals surface area contributed by atoms with Crippen LogP contribution in [0, 0.1) is 12.7 Å². The van der Waals surface area contributed by atoms with Crippen LogP contribution in [-0.2, 0) is 11.2 Å². The predicted octanol–water partition coefficient (Wildman–Crippen LogP) is 3.75. The third-order valence-corrected chi connectivity index (χ3v) is 5.15. The largest absolute Gasteiger partial charge is 0.322 e. The van der Waals surface area contributed by atoms with Crippen molar-refractivity contribution < 1.29 is 9.18 Å². The summed E-state index contributed by atoms with van der Waals surface area (Å²) in [5.41, 5.74) is 2.40. The summed E-state index contributed by atoms with van der Waals surface area (Å²) in [6.07, 6.45) is 0.976. The Labute approximate surface area is 133 Å². The van der Waals surface area contributed by atoms with E-state index in [-0.39, 0.29) is 30.0 Å². The van der Waals surface area contributed by atoms with Crippen LogP contribution in [0.2, 0.25) is 0 Å². The fourth-order valence-electron chi connectivity index (χ4n) is 2.87. The molecule has 2 heterocycles. The van der Waals surface area contributed by atoms with Gasteiger partial charge in [-0.05, 0) is 55.0 Å². The van der Waals surface area contributed by atoms with E-state index in [1.807, 2.05) is 6.92 Å². The normalized spacial score (nSPS) is 18.0. The zero-order chi connectivity index (χ0) is 15.7. The second-order valence-corrected chi connectivity index (χ2v) is 6.73. The molecule has 0 bridgehead atoms. The predicted molar refractivity (Wildman–Crippen MR) is 87.8 cm³/mol. The summed E-state index contributed by atoms with van der Waals surface area (Å²) in [6, 6.07) is 7.19. The SMILES string of the molecule is Cc1ccc(NC(=O)CN2CCc3sccc3[C@@H]2C)c(F)c1. The first-order chi connectivity index (χ1) is 10.5. The molecule has 0 fully saturated rings. The van der Waals surface area contributed by atoms with Crippen molar-refractivity contribution in [3.63, 3.8) is 0 Å². The number of aryl methyl sites for hydroxylation is 1. The number of halogens is 1. The monoisotopic (exact) mass is 318 g/mol. The molecule has 1 aliphatic rings. The van der Waals surface area contributed by atoms with E-state index in [0.717, 1.165) is 18.5 Å². The molecule has 22 heavy (non-hydrogen) atoms. The molecule has 5 heteroatoms. The molecule has 0 unspecified atom stereocenters. The van der Waals surface area contributed by atoms with E-state index in [2.05, 4.69) is 28.6 Å². The maximum absolute atomic E-state index is 13.8. The summed E-state index contributed by atoms with van der Waals surface area (Å²) in [5, 5.41) is 4.77. The molecule has 1 aromatic carbocycles. The highest BCUT2D eigenvalue weighted by atomic mass is 32.1. The van der Waals surface area contributed by atoms with Gasteiger partial charge in [-0.25, -0.2) is 4.39 Å². The standard InChI is InChI=1S/C17H19FN2OS/c1-11-3-4-15(14(18)9-11)19-17(21)10-20-7-5-16-13(12(20)2)6-8-22-16/h3-4,6,8-9,12H,5,7,10H2,1-2H3,(H,19,21)/t12-/m0/s1. The molecule has 0 radical (unpaired) electrons. The highest BCUT2D eigenvalue weighted by molar-refractivity contribution is 7.10. The molecular formula is C17H19FN2OS. The molecule has 1 atom stereocenters. The van der Waals surface area contributed by atoms with Crippen LogP contribution in [0.3, 0.4) is 0 Å². The van der Waals surface area contributed by atoms with Gasteiger partial charge < -0.3 is 5.32 Å². The topological polar surface area (TPSA) is 32.3 Å². The first kappa shape index (κ1) is 15.2. The molecule has 1 N–H and O–H groups in total. The quantitative estimate of drug-likeness (QED) is 0.935. The molecule has 1 aliphatic heterocycles. The molecule has 2 aromatic rings. The molecule has 0 saturated heterocycles. The van der Waals surface area contributed by atoms with Gasteiger partial charge in [0.05, 0.1) is 12.2 Å². The van der Waals surface area contributed by atoms with E-state index in [9.17, 15) is 9.18 Å². The Morgan fingerprint density at radius 2 is 2.27 bits per heavy atom. The first-order valence-corrected chi connectivity index (χ1v) is 8.29. The van der Waals surface area contributed by atoms with Crippen LogP contribution in [-0.4, -0.2) is 23.9 Å². The van der Waals surface area contributed by atoms with E-state index in [4.69, 9.17) is 0 Å². The van der Waals surface area contributed by atoms with Crippen molar-refractivity contribution in [2.45, 2.75) is 26.3 Å². The Balaban J connectivity index is 1.65. The van der Waals surface area contributed by atoms with Gasteiger partial charge in [0.25, 0.3) is 0 Å². The van der Waals surface area contributed by atoms with Gasteiger partial charge in [0.1, 0.15) is 5.82 Å². The maximum Gasteiger partial charge on any atom is 0.238 e. The van der Waals surface area contributed by atoms with Crippen LogP contribution < -0.4 is 5.32 Å². The average molecular weight is 318 g/mol. The average Bonchev–Trinajstić information content (AvgIpc) is 2.94. The number of nitrogens with zero attached hydrogens (tertiary/aromatic N) is 1. The molecule has 3 rings (SSSR count). The molecule has 3 nitrogen and oxygen atoms in total. The molecule has 1 aromatic heterocycles. The van der Waals surface area contributed by atoms with Gasteiger partial charge in [0.2, 0.25) is 5.91 Å². The summed E-state index contributed by atoms with van der Waals surface area (Å²) < 4.78 is 13.8. The molecule has 116 valence electrons. The lowest BCUT2D eigenvalue weighted by Crippen LogP contribution is -2.39. The van der Waals surface area contributed by atoms with Gasteiger partial charge in [0.15, 0.2) is 0 Å². The van der Waals surface area contributed by atoms with Crippen molar-refractivity contribution in [3.05, 3.63) is 51.5 Å². The summed E-state index contributed by atoms with van der Waals surface area (Å²) >= 11 is 1.78. The third kappa shape index (κ3) is 3.05. The first-order valence-electron chi connectivity index (χ1n) is 7.41. The van der Waals surface area contributed by atoms with Gasteiger partial charge in [-0.15, -0.1) is 11.3 Å². The minimum Gasteiger partial charge on any atom is -0.322 e. The summed E-state index contributed by atoms with van der Waals surface area (Å²) in [6.45, 7) is 5.08. The van der Waals surface area contributed by atoms with E-state index in [1.165, 1.54) is 16.5 Å². The highest BCUT2D eigenvalue weighted by Gasteiger charge is 2.26. The molecule has 1 amide bonds. The van der Waals surface area contributed by atoms with Gasteiger partial charge in [-0.3, -0.25) is 9.69 Å². The van der Waals surface area contributed by atoms with Crippen LogP contribution in [0.25, 0.3) is 0 Å². The number of benzene rings is 1. The summed E-state index contributed by atoms with van der Waals surface area (Å²) in [4.78, 5) is 15.7. The highest BCUT2D eigenvalue weighted by Crippen LogP contribution is 2.32. The smallest absolute Gasteiger partial charge is 0.238 e. The van der Waals surface area contributed by atoms with E-state index in [1.54, 1.807) is 23.5 Å². The Kier molecular flexibility index (Phi) is 4.27. The number of nitrogens with one attached hydrogen (secondary N) is 1. The number of carbonyl (C=O) groups is 1. The fourth-order valence-corrected chi connectivity index (χ4v) is 3.84. The number of hydrogen-bond acceptors (Lipinski definition) is 3. The number of hydrogen-bond donors (Lipinski definition) is 1. The van der Waals surface area contributed by atoms with Crippen molar-refractivity contribution in [3.8, 4) is 0 Å². The van der Waals surface area contributed by atoms with Gasteiger partial charge in [-0.1, -0.05) is 6.07 Å². The van der Waals surface area contributed by atoms with Gasteiger partial charge in [-0.2, -0.15) is 0 Å². The van der Waals surface area contributed by atoms with Crippen molar-refractivity contribution in [2.24, 2.45) is 0 Å². The Hall–Kier alpha value is -1.72. The van der Waals surface area contributed by atoms with Crippen molar-refractivity contribution in [1.82, 2.24) is 4.90 Å². The fraction of sp³-hybridized carbons (Fsp3) is 0.353. The van der Waals surface area contributed by atoms with E-state index < -0.39 is 0 Å². The lowest BCUT2D eigenvalue weighted by molar-refractivity contribution is -0.117. The molecule has 0 spiro atoms. The Morgan fingerprint density at radius 1 is 1.45 bits per heavy atom. The zero-order valence-electron chi connectivity index (χ0n) is 12.7. The van der Waals surface area contributed by atoms with E-state index >= 15 is 0 Å². The van der Waals surface area contributed by atoms with Crippen LogP contribution in [0.5, 0.6) is 0 Å². The maximum atomic E-state index is 13.8. The van der Waals surface area contributed by atoms with Crippen LogP contribution >= 0.6 is 11.3 Å². The number of amides is 1. The number of rotatable bonds is 3. The van der Waals surface area contributed by atoms with Crippen molar-refractivity contribution >= 4 is 22.9 Å². The van der Waals surface area contributed by atoms with Crippen LogP contribution in [0.1, 0.15) is 29.0 Å². The zero-order valence-corrected chi connectivity index (χ0v) is 13.5. The number of thiophene rings is 1. The van der Waals surface area contributed by atoms with Crippen LogP contribution in [0.4, 0.5) is 10.1 Å². The lowest BCUT2D eigenvalue weighted by atomic mass is 10.0. The molecule has 0 saturated carbocycles. The van der Waals surface area contributed by atoms with Crippen molar-refractivity contribution in [1.29, 1.82) is 0 Å². The lowest BCUT2D eigenvalue weighted by Gasteiger charge is -2.32. The van der Waals surface area contributed by atoms with Crippen LogP contribution in [0.15, 0.2) is 29.6 Å². The minimum absolute atomic E-state index is 0.173. The van der Waals surface area contributed by atoms with E-state index in [0.29, 0.717) is 0 Å². The van der Waals surface area contributed by atoms with Crippen molar-refractivity contribution in [2.75, 3.05) is 18.4 Å². The Bertz CT molecular complexity index is 698. The second kappa shape index (κ2) is 6.18. The summed E-state index contributed by atoms with van der Waals surface area (Å²) in [5.74, 6) is -0.562. The van der Waals surface area contributed by atoms with Gasteiger partial charge in [0, 0.05) is 17.5 Å². The second-order valence-electron chi connectivity index (χ2n) is 5.73. The number of anilines is 1. The van der Waals surface area contributed by atoms with Gasteiger partial charge >= 0.3 is 0 Å².